The first-order valence-electron chi connectivity index (χ1n) is 10.9. The van der Waals surface area contributed by atoms with Crippen molar-refractivity contribution in [2.45, 2.75) is 40.2 Å². The number of hydrogen-bond donors (Lipinski definition) is 1. The van der Waals surface area contributed by atoms with Gasteiger partial charge in [0, 0.05) is 25.7 Å². The fraction of sp³-hybridized carbons (Fsp3) is 0.458. The van der Waals surface area contributed by atoms with E-state index in [-0.39, 0.29) is 17.7 Å². The Morgan fingerprint density at radius 3 is 2.81 bits per heavy atom. The highest BCUT2D eigenvalue weighted by atomic mass is 16.5. The van der Waals surface area contributed by atoms with Crippen molar-refractivity contribution in [1.29, 1.82) is 0 Å². The van der Waals surface area contributed by atoms with Crippen LogP contribution in [0.3, 0.4) is 0 Å². The van der Waals surface area contributed by atoms with E-state index >= 15 is 0 Å². The third-order valence-electron chi connectivity index (χ3n) is 5.61. The van der Waals surface area contributed by atoms with Gasteiger partial charge in [0.05, 0.1) is 24.3 Å². The normalized spacial score (nSPS) is 16.2. The molecular formula is C24H31N3O5. The van der Waals surface area contributed by atoms with Gasteiger partial charge in [0.1, 0.15) is 12.4 Å². The van der Waals surface area contributed by atoms with Crippen LogP contribution in [0.1, 0.15) is 42.3 Å². The van der Waals surface area contributed by atoms with Crippen LogP contribution in [-0.4, -0.2) is 48.6 Å². The van der Waals surface area contributed by atoms with E-state index < -0.39 is 0 Å². The first-order valence-corrected chi connectivity index (χ1v) is 10.9. The molecule has 8 nitrogen and oxygen atoms in total. The number of nitrogens with one attached hydrogen (secondary N) is 1. The molecule has 1 atom stereocenters. The molecule has 2 amide bonds. The zero-order chi connectivity index (χ0) is 23.1. The van der Waals surface area contributed by atoms with E-state index in [1.807, 2.05) is 39.0 Å². The number of benzene rings is 1. The molecule has 0 unspecified atom stereocenters. The molecule has 32 heavy (non-hydrogen) atoms. The van der Waals surface area contributed by atoms with Crippen LogP contribution in [0.5, 0.6) is 11.5 Å². The predicted octanol–water partition coefficient (Wildman–Crippen LogP) is 3.27. The fourth-order valence-corrected chi connectivity index (χ4v) is 3.75. The van der Waals surface area contributed by atoms with Crippen LogP contribution in [0.25, 0.3) is 6.08 Å². The second-order valence-electron chi connectivity index (χ2n) is 7.85. The number of likely N-dealkylation sites (tertiary alicyclic amines) is 1. The molecule has 1 fully saturated rings. The molecule has 172 valence electrons. The van der Waals surface area contributed by atoms with Crippen LogP contribution >= 0.6 is 0 Å². The molecule has 0 spiro atoms. The molecule has 1 saturated heterocycles. The molecule has 1 aliphatic heterocycles. The minimum absolute atomic E-state index is 0.0193. The summed E-state index contributed by atoms with van der Waals surface area (Å²) in [4.78, 5) is 26.5. The first kappa shape index (κ1) is 23.4. The molecule has 2 aromatic rings. The average Bonchev–Trinajstić information content (AvgIpc) is 3.13. The Bertz CT molecular complexity index is 963. The number of hydrogen-bond acceptors (Lipinski definition) is 6. The molecule has 1 N–H and O–H groups in total. The highest BCUT2D eigenvalue weighted by Crippen LogP contribution is 2.30. The second-order valence-corrected chi connectivity index (χ2v) is 7.85. The van der Waals surface area contributed by atoms with E-state index in [1.165, 1.54) is 0 Å². The number of rotatable bonds is 8. The quantitative estimate of drug-likeness (QED) is 0.632. The summed E-state index contributed by atoms with van der Waals surface area (Å²) in [6.45, 7) is 7.66. The molecule has 1 aromatic heterocycles. The van der Waals surface area contributed by atoms with Gasteiger partial charge in [-0.25, -0.2) is 0 Å². The van der Waals surface area contributed by atoms with Gasteiger partial charge in [0.2, 0.25) is 11.8 Å². The first-order chi connectivity index (χ1) is 15.4. The van der Waals surface area contributed by atoms with Crippen molar-refractivity contribution in [2.24, 2.45) is 5.92 Å². The molecule has 0 radical (unpaired) electrons. The molecule has 0 aliphatic carbocycles. The highest BCUT2D eigenvalue weighted by molar-refractivity contribution is 5.92. The molecule has 3 rings (SSSR count). The number of carbonyl (C=O) groups excluding carboxylic acids is 2. The number of methoxy groups -OCH3 is 1. The van der Waals surface area contributed by atoms with Gasteiger partial charge in [-0.05, 0) is 57.4 Å². The smallest absolute Gasteiger partial charge is 0.246 e. The molecule has 0 bridgehead atoms. The van der Waals surface area contributed by atoms with Crippen LogP contribution in [0.2, 0.25) is 0 Å². The van der Waals surface area contributed by atoms with Gasteiger partial charge in [0.15, 0.2) is 11.5 Å². The van der Waals surface area contributed by atoms with Gasteiger partial charge < -0.3 is 24.2 Å². The van der Waals surface area contributed by atoms with Crippen molar-refractivity contribution in [3.63, 3.8) is 0 Å². The molecule has 1 aliphatic rings. The molecule has 1 aromatic carbocycles. The summed E-state index contributed by atoms with van der Waals surface area (Å²) in [5, 5.41) is 6.78. The van der Waals surface area contributed by atoms with Gasteiger partial charge in [0.25, 0.3) is 0 Å². The summed E-state index contributed by atoms with van der Waals surface area (Å²) >= 11 is 0. The highest BCUT2D eigenvalue weighted by Gasteiger charge is 2.27. The number of piperidine rings is 1. The summed E-state index contributed by atoms with van der Waals surface area (Å²) in [5.74, 6) is 1.67. The van der Waals surface area contributed by atoms with E-state index in [1.54, 1.807) is 24.2 Å². The molecule has 0 saturated carbocycles. The van der Waals surface area contributed by atoms with Gasteiger partial charge in [-0.2, -0.15) is 0 Å². The van der Waals surface area contributed by atoms with Crippen molar-refractivity contribution in [3.05, 3.63) is 46.9 Å². The molecule has 2 heterocycles. The molecule has 8 heteroatoms. The third-order valence-corrected chi connectivity index (χ3v) is 5.61. The minimum atomic E-state index is -0.143. The monoisotopic (exact) mass is 441 g/mol. The topological polar surface area (TPSA) is 93.9 Å². The maximum Gasteiger partial charge on any atom is 0.246 e. The summed E-state index contributed by atoms with van der Waals surface area (Å²) in [5.41, 5.74) is 2.53. The number of aromatic nitrogens is 1. The second kappa shape index (κ2) is 10.8. The van der Waals surface area contributed by atoms with Crippen LogP contribution in [0.15, 0.2) is 28.8 Å². The van der Waals surface area contributed by atoms with Crippen molar-refractivity contribution >= 4 is 17.9 Å². The SMILES string of the molecule is CCNC(=O)[C@@H]1CCCN(C(=O)/C=C/c2ccc(OCc3c(C)noc3C)c(OC)c2)C1. The Labute approximate surface area is 188 Å². The minimum Gasteiger partial charge on any atom is -0.493 e. The Morgan fingerprint density at radius 1 is 1.31 bits per heavy atom. The average molecular weight is 442 g/mol. The van der Waals surface area contributed by atoms with E-state index in [0.29, 0.717) is 37.7 Å². The van der Waals surface area contributed by atoms with Crippen molar-refractivity contribution < 1.29 is 23.6 Å². The third kappa shape index (κ3) is 5.69. The summed E-state index contributed by atoms with van der Waals surface area (Å²) in [6, 6.07) is 5.50. The van der Waals surface area contributed by atoms with Crippen LogP contribution in [-0.2, 0) is 16.2 Å². The lowest BCUT2D eigenvalue weighted by atomic mass is 9.97. The largest absolute Gasteiger partial charge is 0.493 e. The van der Waals surface area contributed by atoms with Crippen molar-refractivity contribution in [2.75, 3.05) is 26.7 Å². The Kier molecular flexibility index (Phi) is 7.92. The van der Waals surface area contributed by atoms with Crippen molar-refractivity contribution in [1.82, 2.24) is 15.4 Å². The number of nitrogens with zero attached hydrogens (tertiary/aromatic N) is 2. The van der Waals surface area contributed by atoms with Crippen LogP contribution < -0.4 is 14.8 Å². The van der Waals surface area contributed by atoms with E-state index in [0.717, 1.165) is 35.4 Å². The Hall–Kier alpha value is -3.29. The Balaban J connectivity index is 1.63. The number of ether oxygens (including phenoxy) is 2. The summed E-state index contributed by atoms with van der Waals surface area (Å²) < 4.78 is 16.5. The maximum absolute atomic E-state index is 12.7. The van der Waals surface area contributed by atoms with E-state index in [2.05, 4.69) is 10.5 Å². The maximum atomic E-state index is 12.7. The lowest BCUT2D eigenvalue weighted by Gasteiger charge is -2.31. The summed E-state index contributed by atoms with van der Waals surface area (Å²) in [6.07, 6.45) is 4.93. The number of amides is 2. The standard InChI is InChI=1S/C24H31N3O5/c1-5-25-24(29)19-7-6-12-27(14-19)23(28)11-9-18-8-10-21(22(13-18)30-4)31-15-20-16(2)26-32-17(20)3/h8-11,13,19H,5-7,12,14-15H2,1-4H3,(H,25,29)/b11-9+/t19-/m1/s1. The lowest BCUT2D eigenvalue weighted by molar-refractivity contribution is -0.132. The zero-order valence-corrected chi connectivity index (χ0v) is 19.1. The molecular weight excluding hydrogens is 410 g/mol. The lowest BCUT2D eigenvalue weighted by Crippen LogP contribution is -2.44. The van der Waals surface area contributed by atoms with Gasteiger partial charge in [-0.3, -0.25) is 9.59 Å². The van der Waals surface area contributed by atoms with Gasteiger partial charge >= 0.3 is 0 Å². The van der Waals surface area contributed by atoms with Crippen LogP contribution in [0.4, 0.5) is 0 Å². The van der Waals surface area contributed by atoms with E-state index in [4.69, 9.17) is 14.0 Å². The van der Waals surface area contributed by atoms with Crippen LogP contribution in [0, 0.1) is 19.8 Å². The fourth-order valence-electron chi connectivity index (χ4n) is 3.75. The van der Waals surface area contributed by atoms with Crippen molar-refractivity contribution in [3.8, 4) is 11.5 Å². The van der Waals surface area contributed by atoms with E-state index in [9.17, 15) is 9.59 Å². The summed E-state index contributed by atoms with van der Waals surface area (Å²) in [7, 11) is 1.58. The number of aryl methyl sites for hydroxylation is 2. The Morgan fingerprint density at radius 2 is 2.12 bits per heavy atom. The number of carbonyl (C=O) groups is 2. The van der Waals surface area contributed by atoms with Gasteiger partial charge in [-0.1, -0.05) is 11.2 Å². The zero-order valence-electron chi connectivity index (χ0n) is 19.1. The van der Waals surface area contributed by atoms with Gasteiger partial charge in [-0.15, -0.1) is 0 Å². The predicted molar refractivity (Wildman–Crippen MR) is 120 cm³/mol.